The molecule has 0 saturated heterocycles. The van der Waals surface area contributed by atoms with E-state index in [1.54, 1.807) is 0 Å². The molecule has 0 radical (unpaired) electrons. The van der Waals surface area contributed by atoms with Crippen LogP contribution in [0.5, 0.6) is 0 Å². The Morgan fingerprint density at radius 1 is 1.10 bits per heavy atom. The molecule has 0 unspecified atom stereocenters. The van der Waals surface area contributed by atoms with Gasteiger partial charge in [-0.25, -0.2) is 9.18 Å². The minimum Gasteiger partial charge on any atom is -0.383 e. The first-order chi connectivity index (χ1) is 14.3. The maximum Gasteiger partial charge on any atom is 0.330 e. The highest BCUT2D eigenvalue weighted by atomic mass is 19.1. The van der Waals surface area contributed by atoms with Crippen LogP contribution in [-0.4, -0.2) is 22.0 Å². The number of aromatic nitrogens is 2. The number of nitrogens with zero attached hydrogens (tertiary/aromatic N) is 2. The molecule has 0 fully saturated rings. The lowest BCUT2D eigenvalue weighted by Crippen LogP contribution is -2.42. The van der Waals surface area contributed by atoms with Crippen LogP contribution in [0.1, 0.15) is 29.8 Å². The second kappa shape index (κ2) is 8.77. The lowest BCUT2D eigenvalue weighted by molar-refractivity contribution is 0.0983. The molecule has 0 saturated carbocycles. The van der Waals surface area contributed by atoms with Gasteiger partial charge in [0.2, 0.25) is 0 Å². The first-order valence-electron chi connectivity index (χ1n) is 9.52. The molecule has 0 aliphatic heterocycles. The second-order valence-electron chi connectivity index (χ2n) is 7.38. The van der Waals surface area contributed by atoms with Gasteiger partial charge in [-0.2, -0.15) is 0 Å². The number of benzene rings is 2. The van der Waals surface area contributed by atoms with Crippen LogP contribution in [0.2, 0.25) is 0 Å². The summed E-state index contributed by atoms with van der Waals surface area (Å²) in [5.41, 5.74) is 5.74. The Kier molecular flexibility index (Phi) is 6.15. The predicted molar refractivity (Wildman–Crippen MR) is 114 cm³/mol. The smallest absolute Gasteiger partial charge is 0.330 e. The summed E-state index contributed by atoms with van der Waals surface area (Å²) in [6.07, 6.45) is 0. The summed E-state index contributed by atoms with van der Waals surface area (Å²) < 4.78 is 14.5. The fraction of sp³-hybridized carbons (Fsp3) is 0.227. The van der Waals surface area contributed by atoms with Crippen molar-refractivity contribution in [3.63, 3.8) is 0 Å². The number of nitrogen functional groups attached to an aromatic ring is 1. The van der Waals surface area contributed by atoms with E-state index in [2.05, 4.69) is 4.98 Å². The molecule has 0 aliphatic rings. The van der Waals surface area contributed by atoms with Crippen LogP contribution in [0.15, 0.2) is 64.2 Å². The number of rotatable bonds is 6. The van der Waals surface area contributed by atoms with Gasteiger partial charge in [0.05, 0.1) is 6.54 Å². The highest BCUT2D eigenvalue weighted by Gasteiger charge is 2.26. The molecule has 2 aromatic carbocycles. The summed E-state index contributed by atoms with van der Waals surface area (Å²) in [5.74, 6) is -1.09. The van der Waals surface area contributed by atoms with Gasteiger partial charge in [0.15, 0.2) is 5.69 Å². The molecule has 0 bridgehead atoms. The molecular weight excluding hydrogens is 387 g/mol. The van der Waals surface area contributed by atoms with Crippen molar-refractivity contribution < 1.29 is 9.18 Å². The van der Waals surface area contributed by atoms with Crippen LogP contribution in [0.4, 0.5) is 15.9 Å². The number of halogens is 1. The van der Waals surface area contributed by atoms with Gasteiger partial charge < -0.3 is 10.6 Å². The van der Waals surface area contributed by atoms with E-state index in [4.69, 9.17) is 5.73 Å². The Balaban J connectivity index is 2.12. The van der Waals surface area contributed by atoms with E-state index in [0.717, 1.165) is 5.56 Å². The van der Waals surface area contributed by atoms with Gasteiger partial charge in [-0.05, 0) is 35.7 Å². The van der Waals surface area contributed by atoms with Gasteiger partial charge in [0, 0.05) is 12.1 Å². The van der Waals surface area contributed by atoms with Gasteiger partial charge in [-0.15, -0.1) is 0 Å². The fourth-order valence-corrected chi connectivity index (χ4v) is 3.15. The number of nitrogens with one attached hydrogen (secondary N) is 1. The van der Waals surface area contributed by atoms with Crippen LogP contribution >= 0.6 is 0 Å². The van der Waals surface area contributed by atoms with Crippen LogP contribution < -0.4 is 21.9 Å². The lowest BCUT2D eigenvalue weighted by atomic mass is 10.1. The molecule has 1 aromatic heterocycles. The van der Waals surface area contributed by atoms with Crippen molar-refractivity contribution >= 4 is 17.4 Å². The Bertz CT molecular complexity index is 1150. The average Bonchev–Trinajstić information content (AvgIpc) is 2.71. The third-order valence-electron chi connectivity index (χ3n) is 4.55. The maximum absolute atomic E-state index is 13.3. The number of carbonyl (C=O) groups excluding carboxylic acids is 1. The zero-order valence-corrected chi connectivity index (χ0v) is 16.8. The number of amides is 1. The summed E-state index contributed by atoms with van der Waals surface area (Å²) in [6, 6.07) is 14.2. The van der Waals surface area contributed by atoms with E-state index < -0.39 is 23.0 Å². The molecule has 0 atom stereocenters. The quantitative estimate of drug-likeness (QED) is 0.652. The zero-order valence-electron chi connectivity index (χ0n) is 16.8. The number of carbonyl (C=O) groups is 1. The number of hydrogen-bond acceptors (Lipinski definition) is 4. The topological polar surface area (TPSA) is 101 Å². The Morgan fingerprint density at radius 3 is 2.33 bits per heavy atom. The zero-order chi connectivity index (χ0) is 21.8. The molecule has 1 amide bonds. The highest BCUT2D eigenvalue weighted by molar-refractivity contribution is 6.07. The first kappa shape index (κ1) is 21.0. The molecular formula is C22H23FN4O3. The van der Waals surface area contributed by atoms with Gasteiger partial charge in [0.1, 0.15) is 11.6 Å². The van der Waals surface area contributed by atoms with Crippen molar-refractivity contribution in [2.45, 2.75) is 20.4 Å². The summed E-state index contributed by atoms with van der Waals surface area (Å²) in [4.78, 5) is 41.8. The standard InChI is InChI=1S/C22H23FN4O3/c1-14(2)12-26(21(29)16-8-10-17(23)11-9-16)18-19(24)27(22(30)25-20(18)28)13-15-6-4-3-5-7-15/h3-11,14H,12-13,24H2,1-2H3,(H,25,28,30). The van der Waals surface area contributed by atoms with Gasteiger partial charge >= 0.3 is 5.69 Å². The number of anilines is 2. The SMILES string of the molecule is CC(C)CN(C(=O)c1ccc(F)cc1)c1c(N)n(Cc2ccccc2)c(=O)[nH]c1=O. The molecule has 3 N–H and O–H groups in total. The van der Waals surface area contributed by atoms with Crippen molar-refractivity contribution in [3.05, 3.63) is 92.4 Å². The summed E-state index contributed by atoms with van der Waals surface area (Å²) in [7, 11) is 0. The van der Waals surface area contributed by atoms with Crippen LogP contribution in [0.25, 0.3) is 0 Å². The number of nitrogens with two attached hydrogens (primary N) is 1. The summed E-state index contributed by atoms with van der Waals surface area (Å²) >= 11 is 0. The maximum atomic E-state index is 13.3. The minimum absolute atomic E-state index is 0.00250. The van der Waals surface area contributed by atoms with Gasteiger partial charge in [0.25, 0.3) is 11.5 Å². The molecule has 156 valence electrons. The number of aromatic amines is 1. The first-order valence-corrected chi connectivity index (χ1v) is 9.52. The van der Waals surface area contributed by atoms with E-state index >= 15 is 0 Å². The third kappa shape index (κ3) is 4.48. The normalized spacial score (nSPS) is 10.9. The van der Waals surface area contributed by atoms with E-state index in [9.17, 15) is 18.8 Å². The molecule has 30 heavy (non-hydrogen) atoms. The van der Waals surface area contributed by atoms with E-state index in [-0.39, 0.29) is 36.1 Å². The van der Waals surface area contributed by atoms with Crippen molar-refractivity contribution in [2.24, 2.45) is 5.92 Å². The largest absolute Gasteiger partial charge is 0.383 e. The molecule has 0 aliphatic carbocycles. The molecule has 3 aromatic rings. The van der Waals surface area contributed by atoms with E-state index in [1.807, 2.05) is 44.2 Å². The van der Waals surface area contributed by atoms with Crippen LogP contribution in [0.3, 0.4) is 0 Å². The Hall–Kier alpha value is -3.68. The molecule has 7 nitrogen and oxygen atoms in total. The summed E-state index contributed by atoms with van der Waals surface area (Å²) in [5, 5.41) is 0. The van der Waals surface area contributed by atoms with Gasteiger partial charge in [-0.1, -0.05) is 44.2 Å². The fourth-order valence-electron chi connectivity index (χ4n) is 3.15. The molecule has 8 heteroatoms. The van der Waals surface area contributed by atoms with Crippen molar-refractivity contribution in [3.8, 4) is 0 Å². The van der Waals surface area contributed by atoms with E-state index in [1.165, 1.54) is 33.7 Å². The van der Waals surface area contributed by atoms with Crippen LogP contribution in [-0.2, 0) is 6.54 Å². The lowest BCUT2D eigenvalue weighted by Gasteiger charge is -2.26. The Morgan fingerprint density at radius 2 is 1.73 bits per heavy atom. The van der Waals surface area contributed by atoms with E-state index in [0.29, 0.717) is 0 Å². The molecule has 3 rings (SSSR count). The second-order valence-corrected chi connectivity index (χ2v) is 7.38. The van der Waals surface area contributed by atoms with Crippen molar-refractivity contribution in [1.29, 1.82) is 0 Å². The third-order valence-corrected chi connectivity index (χ3v) is 4.55. The van der Waals surface area contributed by atoms with Crippen molar-refractivity contribution in [2.75, 3.05) is 17.2 Å². The van der Waals surface area contributed by atoms with Crippen LogP contribution in [0, 0.1) is 11.7 Å². The Labute approximate surface area is 172 Å². The number of H-pyrrole nitrogens is 1. The average molecular weight is 410 g/mol. The molecule has 1 heterocycles. The van der Waals surface area contributed by atoms with Crippen molar-refractivity contribution in [1.82, 2.24) is 9.55 Å². The monoisotopic (exact) mass is 410 g/mol. The highest BCUT2D eigenvalue weighted by Crippen LogP contribution is 2.21. The number of hydrogen-bond donors (Lipinski definition) is 2. The summed E-state index contributed by atoms with van der Waals surface area (Å²) in [6.45, 7) is 4.09. The predicted octanol–water partition coefficient (Wildman–Crippen LogP) is 2.61. The molecule has 0 spiro atoms. The minimum atomic E-state index is -0.752. The van der Waals surface area contributed by atoms with Gasteiger partial charge in [-0.3, -0.25) is 19.1 Å².